The van der Waals surface area contributed by atoms with Crippen molar-refractivity contribution in [3.63, 3.8) is 0 Å². The Morgan fingerprint density at radius 3 is 2.57 bits per heavy atom. The first-order valence-corrected chi connectivity index (χ1v) is 9.88. The van der Waals surface area contributed by atoms with E-state index in [-0.39, 0.29) is 40.8 Å². The predicted molar refractivity (Wildman–Crippen MR) is 108 cm³/mol. The fraction of sp³-hybridized carbons (Fsp3) is 0.444. The van der Waals surface area contributed by atoms with Crippen LogP contribution >= 0.6 is 11.3 Å². The molecule has 0 fully saturated rings. The van der Waals surface area contributed by atoms with Gasteiger partial charge in [-0.15, -0.1) is 11.3 Å². The Labute approximate surface area is 176 Å². The monoisotopic (exact) mass is 438 g/mol. The van der Waals surface area contributed by atoms with Crippen molar-refractivity contribution in [2.75, 3.05) is 19.0 Å². The summed E-state index contributed by atoms with van der Waals surface area (Å²) in [6.45, 7) is 5.37. The molecule has 11 nitrogen and oxygen atoms in total. The number of aryl methyl sites for hydroxylation is 2. The smallest absolute Gasteiger partial charge is 0.390 e. The molecule has 0 aromatic carbocycles. The Bertz CT molecular complexity index is 980. The molecule has 2 heterocycles. The lowest BCUT2D eigenvalue weighted by atomic mass is 10.1. The average molecular weight is 438 g/mol. The van der Waals surface area contributed by atoms with Crippen LogP contribution in [0.3, 0.4) is 0 Å². The Morgan fingerprint density at radius 1 is 1.30 bits per heavy atom. The summed E-state index contributed by atoms with van der Waals surface area (Å²) in [5.74, 6) is -2.02. The molecule has 0 radical (unpaired) electrons. The minimum atomic E-state index is -0.644. The van der Waals surface area contributed by atoms with Gasteiger partial charge in [-0.05, 0) is 30.8 Å². The molecule has 12 heteroatoms. The Balaban J connectivity index is 2.19. The van der Waals surface area contributed by atoms with Crippen molar-refractivity contribution in [1.29, 1.82) is 0 Å². The number of esters is 2. The maximum Gasteiger partial charge on any atom is 0.390 e. The van der Waals surface area contributed by atoms with Gasteiger partial charge >= 0.3 is 17.8 Å². The second-order valence-electron chi connectivity index (χ2n) is 6.31. The summed E-state index contributed by atoms with van der Waals surface area (Å²) >= 11 is 0.923. The summed E-state index contributed by atoms with van der Waals surface area (Å²) < 4.78 is 11.2. The van der Waals surface area contributed by atoms with Crippen molar-refractivity contribution in [1.82, 2.24) is 9.78 Å². The van der Waals surface area contributed by atoms with Gasteiger partial charge in [0, 0.05) is 6.42 Å². The molecule has 2 aromatic heterocycles. The molecule has 0 aliphatic heterocycles. The van der Waals surface area contributed by atoms with E-state index >= 15 is 0 Å². The molecule has 1 amide bonds. The maximum atomic E-state index is 12.4. The number of carbonyl (C=O) groups is 3. The van der Waals surface area contributed by atoms with E-state index in [1.165, 1.54) is 17.9 Å². The zero-order chi connectivity index (χ0) is 22.4. The van der Waals surface area contributed by atoms with E-state index in [0.717, 1.165) is 11.3 Å². The molecule has 2 rings (SSSR count). The Kier molecular flexibility index (Phi) is 7.64. The summed E-state index contributed by atoms with van der Waals surface area (Å²) in [4.78, 5) is 47.3. The number of hydrogen-bond acceptors (Lipinski definition) is 9. The van der Waals surface area contributed by atoms with Crippen molar-refractivity contribution in [2.24, 2.45) is 0 Å². The van der Waals surface area contributed by atoms with Crippen LogP contribution in [0, 0.1) is 24.0 Å². The van der Waals surface area contributed by atoms with Crippen molar-refractivity contribution in [2.45, 2.75) is 40.2 Å². The van der Waals surface area contributed by atoms with Crippen LogP contribution in [0.4, 0.5) is 10.8 Å². The van der Waals surface area contributed by atoms with Gasteiger partial charge in [0.05, 0.1) is 42.7 Å². The summed E-state index contributed by atoms with van der Waals surface area (Å²) in [7, 11) is 1.22. The number of amides is 1. The number of aromatic nitrogens is 2. The Morgan fingerprint density at radius 2 is 2.00 bits per heavy atom. The van der Waals surface area contributed by atoms with Crippen LogP contribution in [-0.2, 0) is 20.8 Å². The first-order chi connectivity index (χ1) is 14.2. The predicted octanol–water partition coefficient (Wildman–Crippen LogP) is 2.85. The van der Waals surface area contributed by atoms with E-state index < -0.39 is 22.8 Å². The van der Waals surface area contributed by atoms with Gasteiger partial charge in [-0.25, -0.2) is 9.59 Å². The number of ether oxygens (including phenoxy) is 2. The fourth-order valence-corrected chi connectivity index (χ4v) is 3.74. The molecular weight excluding hydrogens is 416 g/mol. The van der Waals surface area contributed by atoms with E-state index in [1.807, 2.05) is 6.92 Å². The minimum Gasteiger partial charge on any atom is -0.465 e. The number of nitrogens with zero attached hydrogens (tertiary/aromatic N) is 3. The number of carbonyl (C=O) groups excluding carboxylic acids is 3. The van der Waals surface area contributed by atoms with Crippen LogP contribution in [0.1, 0.15) is 51.1 Å². The van der Waals surface area contributed by atoms with Crippen molar-refractivity contribution >= 4 is 40.0 Å². The van der Waals surface area contributed by atoms with Gasteiger partial charge in [0.15, 0.2) is 0 Å². The molecule has 0 saturated heterocycles. The molecule has 0 saturated carbocycles. The zero-order valence-electron chi connectivity index (χ0n) is 17.0. The van der Waals surface area contributed by atoms with Crippen molar-refractivity contribution < 1.29 is 28.8 Å². The number of hydrogen-bond donors (Lipinski definition) is 1. The number of anilines is 1. The van der Waals surface area contributed by atoms with E-state index in [2.05, 4.69) is 10.4 Å². The first-order valence-electron chi connectivity index (χ1n) is 9.07. The molecule has 30 heavy (non-hydrogen) atoms. The van der Waals surface area contributed by atoms with Crippen molar-refractivity contribution in [3.05, 3.63) is 37.9 Å². The molecule has 0 unspecified atom stereocenters. The summed E-state index contributed by atoms with van der Waals surface area (Å²) in [5.41, 5.74) is 1.01. The van der Waals surface area contributed by atoms with Gasteiger partial charge in [0.1, 0.15) is 9.88 Å². The van der Waals surface area contributed by atoms with Crippen LogP contribution < -0.4 is 5.32 Å². The number of thiophene rings is 1. The third kappa shape index (κ3) is 5.20. The highest BCUT2D eigenvalue weighted by Gasteiger charge is 2.27. The summed E-state index contributed by atoms with van der Waals surface area (Å²) in [6, 6.07) is 1.31. The summed E-state index contributed by atoms with van der Waals surface area (Å²) in [5, 5.41) is 17.4. The molecule has 162 valence electrons. The van der Waals surface area contributed by atoms with Gasteiger partial charge in [-0.3, -0.25) is 4.79 Å². The first kappa shape index (κ1) is 23.0. The van der Waals surface area contributed by atoms with Gasteiger partial charge in [0.2, 0.25) is 5.91 Å². The fourth-order valence-electron chi connectivity index (χ4n) is 2.61. The molecule has 1 N–H and O–H groups in total. The highest BCUT2D eigenvalue weighted by atomic mass is 32.1. The van der Waals surface area contributed by atoms with Crippen LogP contribution in [0.15, 0.2) is 6.07 Å². The van der Waals surface area contributed by atoms with E-state index in [4.69, 9.17) is 9.47 Å². The third-order valence-electron chi connectivity index (χ3n) is 4.12. The number of nitro groups is 1. The van der Waals surface area contributed by atoms with Crippen LogP contribution in [0.25, 0.3) is 0 Å². The molecule has 2 aromatic rings. The normalized spacial score (nSPS) is 10.5. The maximum absolute atomic E-state index is 12.4. The zero-order valence-corrected chi connectivity index (χ0v) is 17.8. The highest BCUT2D eigenvalue weighted by molar-refractivity contribution is 7.18. The van der Waals surface area contributed by atoms with Gasteiger partial charge in [-0.1, -0.05) is 6.92 Å². The lowest BCUT2D eigenvalue weighted by Crippen LogP contribution is -2.17. The van der Waals surface area contributed by atoms with Crippen LogP contribution in [-0.4, -0.2) is 46.3 Å². The van der Waals surface area contributed by atoms with Crippen LogP contribution in [0.5, 0.6) is 0 Å². The third-order valence-corrected chi connectivity index (χ3v) is 5.31. The van der Waals surface area contributed by atoms with Gasteiger partial charge < -0.3 is 24.9 Å². The van der Waals surface area contributed by atoms with E-state index in [9.17, 15) is 24.5 Å². The molecule has 0 atom stereocenters. The highest BCUT2D eigenvalue weighted by Crippen LogP contribution is 2.34. The van der Waals surface area contributed by atoms with Gasteiger partial charge in [-0.2, -0.15) is 4.68 Å². The second-order valence-corrected chi connectivity index (χ2v) is 7.33. The topological polar surface area (TPSA) is 143 Å². The molecule has 0 aliphatic rings. The number of nitrogens with one attached hydrogen (secondary N) is 1. The van der Waals surface area contributed by atoms with E-state index in [1.54, 1.807) is 13.8 Å². The van der Waals surface area contributed by atoms with Gasteiger partial charge in [0.25, 0.3) is 0 Å². The molecular formula is C18H22N4O7S. The second kappa shape index (κ2) is 9.96. The average Bonchev–Trinajstić information content (AvgIpc) is 3.23. The standard InChI is InChI=1S/C18H22N4O7S/c1-5-8-29-17(24)14-11(3)15(18(25)28-4)30-16(14)19-13(23)6-7-21-10(2)9-12(20-21)22(26)27/h9H,5-8H2,1-4H3,(H,19,23). The number of rotatable bonds is 9. The van der Waals surface area contributed by atoms with E-state index in [0.29, 0.717) is 17.7 Å². The molecule has 0 bridgehead atoms. The lowest BCUT2D eigenvalue weighted by molar-refractivity contribution is -0.389. The SMILES string of the molecule is CCCOC(=O)c1c(NC(=O)CCn2nc([N+](=O)[O-])cc2C)sc(C(=O)OC)c1C. The quantitative estimate of drug-likeness (QED) is 0.358. The minimum absolute atomic E-state index is 0.0480. The molecule has 0 aliphatic carbocycles. The Hall–Kier alpha value is -3.28. The lowest BCUT2D eigenvalue weighted by Gasteiger charge is -2.07. The van der Waals surface area contributed by atoms with Crippen LogP contribution in [0.2, 0.25) is 0 Å². The summed E-state index contributed by atoms with van der Waals surface area (Å²) in [6.07, 6.45) is 0.573. The largest absolute Gasteiger partial charge is 0.465 e. The number of methoxy groups -OCH3 is 1. The van der Waals surface area contributed by atoms with Crippen molar-refractivity contribution in [3.8, 4) is 0 Å². The molecule has 0 spiro atoms.